The lowest BCUT2D eigenvalue weighted by molar-refractivity contribution is 0.0659. The fraction of sp³-hybridized carbons (Fsp3) is 0.545. The van der Waals surface area contributed by atoms with E-state index in [1.165, 1.54) is 6.26 Å². The number of hydrogen-bond donors (Lipinski definition) is 1. The highest BCUT2D eigenvalue weighted by Crippen LogP contribution is 2.14. The van der Waals surface area contributed by atoms with Gasteiger partial charge in [-0.3, -0.25) is 4.90 Å². The van der Waals surface area contributed by atoms with Crippen LogP contribution in [0.25, 0.3) is 0 Å². The van der Waals surface area contributed by atoms with E-state index in [-0.39, 0.29) is 5.76 Å². The maximum absolute atomic E-state index is 10.9. The van der Waals surface area contributed by atoms with Crippen LogP contribution < -0.4 is 0 Å². The van der Waals surface area contributed by atoms with Crippen LogP contribution in [0, 0.1) is 0 Å². The number of hydrogen-bond acceptors (Lipinski definition) is 4. The van der Waals surface area contributed by atoms with Crippen LogP contribution in [0.1, 0.15) is 22.5 Å². The van der Waals surface area contributed by atoms with E-state index in [2.05, 4.69) is 4.90 Å². The number of nitrogens with zero attached hydrogens (tertiary/aromatic N) is 1. The van der Waals surface area contributed by atoms with E-state index in [0.717, 1.165) is 31.7 Å². The molecule has 1 N–H and O–H groups in total. The summed E-state index contributed by atoms with van der Waals surface area (Å²) in [7, 11) is 0. The first-order valence-electron chi connectivity index (χ1n) is 5.37. The Hall–Kier alpha value is -1.33. The summed E-state index contributed by atoms with van der Waals surface area (Å²) in [6.07, 6.45) is 2.41. The fourth-order valence-corrected chi connectivity index (χ4v) is 1.84. The van der Waals surface area contributed by atoms with Gasteiger partial charge in [-0.1, -0.05) is 0 Å². The smallest absolute Gasteiger partial charge is 0.372 e. The summed E-state index contributed by atoms with van der Waals surface area (Å²) in [5.74, 6) is -0.962. The molecule has 0 spiro atoms. The SMILES string of the molecule is O=C(O)c1occc1CN1CCCOCC1. The molecule has 1 aromatic heterocycles. The number of carboxylic acids is 1. The van der Waals surface area contributed by atoms with E-state index >= 15 is 0 Å². The molecule has 0 saturated carbocycles. The third-order valence-corrected chi connectivity index (χ3v) is 2.65. The highest BCUT2D eigenvalue weighted by atomic mass is 16.5. The molecular formula is C11H15NO4. The van der Waals surface area contributed by atoms with Crippen LogP contribution in [-0.2, 0) is 11.3 Å². The second kappa shape index (κ2) is 5.14. The molecule has 0 unspecified atom stereocenters. The lowest BCUT2D eigenvalue weighted by Crippen LogP contribution is -2.26. The second-order valence-electron chi connectivity index (χ2n) is 3.82. The quantitative estimate of drug-likeness (QED) is 0.837. The largest absolute Gasteiger partial charge is 0.475 e. The van der Waals surface area contributed by atoms with Crippen LogP contribution in [0.15, 0.2) is 16.7 Å². The van der Waals surface area contributed by atoms with Gasteiger partial charge in [-0.05, 0) is 12.5 Å². The van der Waals surface area contributed by atoms with Crippen LogP contribution >= 0.6 is 0 Å². The molecule has 0 bridgehead atoms. The number of rotatable bonds is 3. The lowest BCUT2D eigenvalue weighted by Gasteiger charge is -2.18. The summed E-state index contributed by atoms with van der Waals surface area (Å²) >= 11 is 0. The van der Waals surface area contributed by atoms with Gasteiger partial charge in [0.25, 0.3) is 0 Å². The number of carboxylic acid groups (broad SMARTS) is 1. The van der Waals surface area contributed by atoms with Crippen LogP contribution in [0.4, 0.5) is 0 Å². The van der Waals surface area contributed by atoms with Crippen molar-refractivity contribution < 1.29 is 19.1 Å². The molecule has 1 aliphatic heterocycles. The van der Waals surface area contributed by atoms with Crippen molar-refractivity contribution in [3.05, 3.63) is 23.7 Å². The van der Waals surface area contributed by atoms with Gasteiger partial charge in [0.2, 0.25) is 5.76 Å². The summed E-state index contributed by atoms with van der Waals surface area (Å²) in [5.41, 5.74) is 0.731. The first-order chi connectivity index (χ1) is 7.77. The molecule has 2 heterocycles. The minimum Gasteiger partial charge on any atom is -0.475 e. The lowest BCUT2D eigenvalue weighted by atomic mass is 10.2. The third-order valence-electron chi connectivity index (χ3n) is 2.65. The summed E-state index contributed by atoms with van der Waals surface area (Å²) in [5, 5.41) is 8.90. The van der Waals surface area contributed by atoms with Crippen molar-refractivity contribution in [2.45, 2.75) is 13.0 Å². The van der Waals surface area contributed by atoms with Crippen molar-refractivity contribution in [1.82, 2.24) is 4.90 Å². The van der Waals surface area contributed by atoms with E-state index in [1.54, 1.807) is 6.07 Å². The predicted molar refractivity (Wildman–Crippen MR) is 56.4 cm³/mol. The average Bonchev–Trinajstić information content (AvgIpc) is 2.55. The molecule has 5 heteroatoms. The second-order valence-corrected chi connectivity index (χ2v) is 3.82. The van der Waals surface area contributed by atoms with Crippen molar-refractivity contribution in [3.63, 3.8) is 0 Å². The van der Waals surface area contributed by atoms with E-state index in [0.29, 0.717) is 13.2 Å². The molecular weight excluding hydrogens is 210 g/mol. The highest BCUT2D eigenvalue weighted by molar-refractivity contribution is 5.86. The molecule has 2 rings (SSSR count). The maximum atomic E-state index is 10.9. The fourth-order valence-electron chi connectivity index (χ4n) is 1.84. The van der Waals surface area contributed by atoms with Gasteiger partial charge in [0, 0.05) is 31.8 Å². The molecule has 0 atom stereocenters. The number of furan rings is 1. The van der Waals surface area contributed by atoms with Crippen molar-refractivity contribution in [3.8, 4) is 0 Å². The Labute approximate surface area is 93.6 Å². The van der Waals surface area contributed by atoms with Gasteiger partial charge in [-0.15, -0.1) is 0 Å². The van der Waals surface area contributed by atoms with E-state index in [1.807, 2.05) is 0 Å². The van der Waals surface area contributed by atoms with Crippen molar-refractivity contribution in [2.75, 3.05) is 26.3 Å². The summed E-state index contributed by atoms with van der Waals surface area (Å²) in [6, 6.07) is 1.72. The zero-order valence-corrected chi connectivity index (χ0v) is 9.02. The topological polar surface area (TPSA) is 62.9 Å². The van der Waals surface area contributed by atoms with Crippen molar-refractivity contribution >= 4 is 5.97 Å². The number of aromatic carboxylic acids is 1. The Bertz CT molecular complexity index is 353. The minimum atomic E-state index is -1.01. The first kappa shape index (κ1) is 11.2. The number of ether oxygens (including phenoxy) is 1. The van der Waals surface area contributed by atoms with Gasteiger partial charge in [0.15, 0.2) is 0 Å². The van der Waals surface area contributed by atoms with Gasteiger partial charge >= 0.3 is 5.97 Å². The summed E-state index contributed by atoms with van der Waals surface area (Å²) in [4.78, 5) is 13.0. The van der Waals surface area contributed by atoms with E-state index in [9.17, 15) is 4.79 Å². The molecule has 16 heavy (non-hydrogen) atoms. The third kappa shape index (κ3) is 2.62. The van der Waals surface area contributed by atoms with E-state index < -0.39 is 5.97 Å². The Morgan fingerprint density at radius 3 is 3.12 bits per heavy atom. The molecule has 1 aromatic rings. The Balaban J connectivity index is 2.01. The maximum Gasteiger partial charge on any atom is 0.372 e. The van der Waals surface area contributed by atoms with Gasteiger partial charge < -0.3 is 14.3 Å². The molecule has 0 aromatic carbocycles. The van der Waals surface area contributed by atoms with Crippen molar-refractivity contribution in [2.24, 2.45) is 0 Å². The Morgan fingerprint density at radius 1 is 1.44 bits per heavy atom. The highest BCUT2D eigenvalue weighted by Gasteiger charge is 2.17. The molecule has 88 valence electrons. The summed E-state index contributed by atoms with van der Waals surface area (Å²) in [6.45, 7) is 3.88. The Morgan fingerprint density at radius 2 is 2.31 bits per heavy atom. The zero-order valence-electron chi connectivity index (χ0n) is 9.02. The van der Waals surface area contributed by atoms with Crippen molar-refractivity contribution in [1.29, 1.82) is 0 Å². The molecule has 0 radical (unpaired) electrons. The standard InChI is InChI=1S/C11H15NO4/c13-11(14)10-9(2-6-16-10)8-12-3-1-5-15-7-4-12/h2,6H,1,3-5,7-8H2,(H,13,14). The van der Waals surface area contributed by atoms with Gasteiger partial charge in [0.05, 0.1) is 12.9 Å². The van der Waals surface area contributed by atoms with Crippen LogP contribution in [0.5, 0.6) is 0 Å². The zero-order chi connectivity index (χ0) is 11.4. The Kier molecular flexibility index (Phi) is 3.58. The molecule has 1 saturated heterocycles. The monoisotopic (exact) mass is 225 g/mol. The normalized spacial score (nSPS) is 18.2. The van der Waals surface area contributed by atoms with Crippen LogP contribution in [0.2, 0.25) is 0 Å². The van der Waals surface area contributed by atoms with Crippen LogP contribution in [-0.4, -0.2) is 42.3 Å². The van der Waals surface area contributed by atoms with E-state index in [4.69, 9.17) is 14.3 Å². The molecule has 5 nitrogen and oxygen atoms in total. The summed E-state index contributed by atoms with van der Waals surface area (Å²) < 4.78 is 10.3. The molecule has 1 aliphatic rings. The molecule has 0 amide bonds. The van der Waals surface area contributed by atoms with Crippen LogP contribution in [0.3, 0.4) is 0 Å². The molecule has 1 fully saturated rings. The minimum absolute atomic E-state index is 0.0464. The van der Waals surface area contributed by atoms with Gasteiger partial charge in [-0.25, -0.2) is 4.79 Å². The first-order valence-corrected chi connectivity index (χ1v) is 5.37. The average molecular weight is 225 g/mol. The predicted octanol–water partition coefficient (Wildman–Crippen LogP) is 1.20. The number of carbonyl (C=O) groups is 1. The molecule has 0 aliphatic carbocycles. The van der Waals surface area contributed by atoms with Gasteiger partial charge in [-0.2, -0.15) is 0 Å². The van der Waals surface area contributed by atoms with Gasteiger partial charge in [0.1, 0.15) is 0 Å².